The number of likely N-dealkylation sites (N-methyl/N-ethyl adjacent to an activating group) is 2. The Labute approximate surface area is 113 Å². The lowest BCUT2D eigenvalue weighted by molar-refractivity contribution is -0.130. The van der Waals surface area contributed by atoms with Gasteiger partial charge >= 0.3 is 0 Å². The summed E-state index contributed by atoms with van der Waals surface area (Å²) < 4.78 is 0. The number of benzene rings is 1. The molecule has 0 atom stereocenters. The van der Waals surface area contributed by atoms with Crippen molar-refractivity contribution in [1.82, 2.24) is 9.80 Å². The molecule has 0 aliphatic carbocycles. The predicted molar refractivity (Wildman–Crippen MR) is 75.5 cm³/mol. The molecule has 2 N–H and O–H groups in total. The molecule has 18 heavy (non-hydrogen) atoms. The summed E-state index contributed by atoms with van der Waals surface area (Å²) in [5.41, 5.74) is 7.57. The first kappa shape index (κ1) is 14.8. The molecular weight excluding hydrogens is 250 g/mol. The highest BCUT2D eigenvalue weighted by Crippen LogP contribution is 2.19. The maximum atomic E-state index is 11.7. The molecule has 1 aromatic rings. The Hall–Kier alpha value is -1.26. The minimum atomic E-state index is 0.0874. The second-order valence-corrected chi connectivity index (χ2v) is 4.87. The lowest BCUT2D eigenvalue weighted by Gasteiger charge is -2.22. The number of hydrogen-bond acceptors (Lipinski definition) is 3. The highest BCUT2D eigenvalue weighted by Gasteiger charge is 2.12. The molecule has 1 aromatic carbocycles. The van der Waals surface area contributed by atoms with Crippen molar-refractivity contribution in [3.05, 3.63) is 28.8 Å². The Kier molecular flexibility index (Phi) is 5.44. The predicted octanol–water partition coefficient (Wildman–Crippen LogP) is 1.83. The summed E-state index contributed by atoms with van der Waals surface area (Å²) in [6, 6.07) is 5.45. The molecule has 1 rings (SSSR count). The quantitative estimate of drug-likeness (QED) is 0.830. The first-order valence-corrected chi connectivity index (χ1v) is 6.28. The molecule has 0 spiro atoms. The summed E-state index contributed by atoms with van der Waals surface area (Å²) in [7, 11) is 3.51. The van der Waals surface area contributed by atoms with Crippen LogP contribution >= 0.6 is 11.6 Å². The maximum absolute atomic E-state index is 11.7. The average Bonchev–Trinajstić information content (AvgIpc) is 2.31. The number of amides is 1. The maximum Gasteiger partial charge on any atom is 0.236 e. The van der Waals surface area contributed by atoms with Crippen molar-refractivity contribution in [2.24, 2.45) is 0 Å². The molecule has 5 heteroatoms. The number of nitrogens with zero attached hydrogens (tertiary/aromatic N) is 2. The van der Waals surface area contributed by atoms with Gasteiger partial charge in [-0.05, 0) is 24.2 Å². The third-order valence-electron chi connectivity index (χ3n) is 2.81. The van der Waals surface area contributed by atoms with Crippen molar-refractivity contribution in [1.29, 1.82) is 0 Å². The van der Waals surface area contributed by atoms with Crippen LogP contribution in [-0.4, -0.2) is 42.9 Å². The van der Waals surface area contributed by atoms with E-state index < -0.39 is 0 Å². The van der Waals surface area contributed by atoms with E-state index in [1.54, 1.807) is 25.1 Å². The summed E-state index contributed by atoms with van der Waals surface area (Å²) in [5, 5.41) is 0.628. The van der Waals surface area contributed by atoms with E-state index in [2.05, 4.69) is 0 Å². The minimum Gasteiger partial charge on any atom is -0.398 e. The number of nitrogen functional groups attached to an aromatic ring is 1. The van der Waals surface area contributed by atoms with E-state index in [0.717, 1.165) is 12.1 Å². The van der Waals surface area contributed by atoms with Gasteiger partial charge in [-0.1, -0.05) is 24.6 Å². The van der Waals surface area contributed by atoms with Crippen molar-refractivity contribution < 1.29 is 4.79 Å². The van der Waals surface area contributed by atoms with Gasteiger partial charge in [-0.15, -0.1) is 0 Å². The number of anilines is 1. The third kappa shape index (κ3) is 4.20. The second-order valence-electron chi connectivity index (χ2n) is 4.43. The zero-order chi connectivity index (χ0) is 13.7. The van der Waals surface area contributed by atoms with Gasteiger partial charge in [0.05, 0.1) is 6.54 Å². The van der Waals surface area contributed by atoms with E-state index in [4.69, 9.17) is 17.3 Å². The molecular formula is C13H20ClN3O. The highest BCUT2D eigenvalue weighted by atomic mass is 35.5. The Morgan fingerprint density at radius 2 is 2.06 bits per heavy atom. The molecule has 0 bridgehead atoms. The molecule has 0 aromatic heterocycles. The van der Waals surface area contributed by atoms with Crippen LogP contribution in [-0.2, 0) is 11.3 Å². The molecule has 0 aliphatic heterocycles. The first-order chi connectivity index (χ1) is 8.43. The van der Waals surface area contributed by atoms with Crippen molar-refractivity contribution in [2.75, 3.05) is 32.9 Å². The average molecular weight is 270 g/mol. The number of carbonyl (C=O) groups is 1. The molecule has 0 unspecified atom stereocenters. The normalized spacial score (nSPS) is 10.7. The molecule has 0 saturated heterocycles. The molecule has 0 heterocycles. The van der Waals surface area contributed by atoms with Gasteiger partial charge in [0.25, 0.3) is 0 Å². The molecule has 4 nitrogen and oxygen atoms in total. The Balaban J connectivity index is 2.71. The van der Waals surface area contributed by atoms with Crippen LogP contribution < -0.4 is 5.73 Å². The molecule has 0 aliphatic rings. The van der Waals surface area contributed by atoms with E-state index in [0.29, 0.717) is 23.8 Å². The Morgan fingerprint density at radius 1 is 1.39 bits per heavy atom. The summed E-state index contributed by atoms with van der Waals surface area (Å²) in [5.74, 6) is 0.0874. The van der Waals surface area contributed by atoms with Gasteiger partial charge in [-0.25, -0.2) is 0 Å². The third-order valence-corrected chi connectivity index (χ3v) is 3.04. The summed E-state index contributed by atoms with van der Waals surface area (Å²) >= 11 is 5.86. The molecule has 0 saturated carbocycles. The minimum absolute atomic E-state index is 0.0874. The van der Waals surface area contributed by atoms with E-state index in [1.807, 2.05) is 24.0 Å². The van der Waals surface area contributed by atoms with Crippen molar-refractivity contribution in [3.63, 3.8) is 0 Å². The lowest BCUT2D eigenvalue weighted by atomic mass is 10.1. The zero-order valence-corrected chi connectivity index (χ0v) is 11.9. The number of rotatable bonds is 5. The standard InChI is InChI=1S/C13H20ClN3O/c1-4-17(9-13(18)16(2)3)8-10-5-6-11(14)7-12(10)15/h5-7H,4,8-9,15H2,1-3H3. The van der Waals surface area contributed by atoms with Gasteiger partial charge in [0.15, 0.2) is 0 Å². The van der Waals surface area contributed by atoms with Crippen LogP contribution in [0.5, 0.6) is 0 Å². The van der Waals surface area contributed by atoms with E-state index in [1.165, 1.54) is 0 Å². The zero-order valence-electron chi connectivity index (χ0n) is 11.1. The molecule has 1 amide bonds. The summed E-state index contributed by atoms with van der Waals surface area (Å²) in [6.45, 7) is 3.86. The van der Waals surface area contributed by atoms with E-state index in [-0.39, 0.29) is 5.91 Å². The fourth-order valence-corrected chi connectivity index (χ4v) is 1.74. The van der Waals surface area contributed by atoms with Crippen LogP contribution in [0.25, 0.3) is 0 Å². The van der Waals surface area contributed by atoms with E-state index >= 15 is 0 Å². The van der Waals surface area contributed by atoms with Gasteiger partial charge in [0.2, 0.25) is 5.91 Å². The second kappa shape index (κ2) is 6.61. The number of nitrogens with two attached hydrogens (primary N) is 1. The number of halogens is 1. The van der Waals surface area contributed by atoms with Crippen LogP contribution in [0.2, 0.25) is 5.02 Å². The van der Waals surface area contributed by atoms with Crippen molar-refractivity contribution >= 4 is 23.2 Å². The fraction of sp³-hybridized carbons (Fsp3) is 0.462. The van der Waals surface area contributed by atoms with Gasteiger partial charge in [-0.2, -0.15) is 0 Å². The monoisotopic (exact) mass is 269 g/mol. The first-order valence-electron chi connectivity index (χ1n) is 5.90. The number of hydrogen-bond donors (Lipinski definition) is 1. The van der Waals surface area contributed by atoms with Gasteiger partial charge in [0.1, 0.15) is 0 Å². The Bertz CT molecular complexity index is 421. The smallest absolute Gasteiger partial charge is 0.236 e. The van der Waals surface area contributed by atoms with Crippen molar-refractivity contribution in [2.45, 2.75) is 13.5 Å². The molecule has 100 valence electrons. The lowest BCUT2D eigenvalue weighted by Crippen LogP contribution is -2.36. The van der Waals surface area contributed by atoms with Crippen LogP contribution in [0, 0.1) is 0 Å². The van der Waals surface area contributed by atoms with Crippen LogP contribution in [0.1, 0.15) is 12.5 Å². The van der Waals surface area contributed by atoms with Gasteiger partial charge < -0.3 is 10.6 Å². The molecule has 0 fully saturated rings. The summed E-state index contributed by atoms with van der Waals surface area (Å²) in [6.07, 6.45) is 0. The fourth-order valence-electron chi connectivity index (χ4n) is 1.56. The topological polar surface area (TPSA) is 49.6 Å². The number of carbonyl (C=O) groups excluding carboxylic acids is 1. The van der Waals surface area contributed by atoms with Crippen LogP contribution in [0.15, 0.2) is 18.2 Å². The van der Waals surface area contributed by atoms with Crippen LogP contribution in [0.4, 0.5) is 5.69 Å². The van der Waals surface area contributed by atoms with Gasteiger partial charge in [0, 0.05) is 31.4 Å². The summed E-state index contributed by atoms with van der Waals surface area (Å²) in [4.78, 5) is 15.3. The van der Waals surface area contributed by atoms with Crippen LogP contribution in [0.3, 0.4) is 0 Å². The molecule has 0 radical (unpaired) electrons. The van der Waals surface area contributed by atoms with E-state index in [9.17, 15) is 4.79 Å². The SMILES string of the molecule is CCN(CC(=O)N(C)C)Cc1ccc(Cl)cc1N. The highest BCUT2D eigenvalue weighted by molar-refractivity contribution is 6.30. The Morgan fingerprint density at radius 3 is 2.56 bits per heavy atom. The van der Waals surface area contributed by atoms with Crippen molar-refractivity contribution in [3.8, 4) is 0 Å². The van der Waals surface area contributed by atoms with Gasteiger partial charge in [-0.3, -0.25) is 9.69 Å². The largest absolute Gasteiger partial charge is 0.398 e.